The second kappa shape index (κ2) is 8.71. The summed E-state index contributed by atoms with van der Waals surface area (Å²) in [6.07, 6.45) is 0. The Labute approximate surface area is 184 Å². The average molecular weight is 434 g/mol. The van der Waals surface area contributed by atoms with Crippen molar-refractivity contribution in [3.8, 4) is 11.1 Å². The van der Waals surface area contributed by atoms with Gasteiger partial charge in [0.15, 0.2) is 0 Å². The Bertz CT molecular complexity index is 1220. The number of hydrogen-bond donors (Lipinski definition) is 2. The van der Waals surface area contributed by atoms with E-state index < -0.39 is 5.91 Å². The molecule has 0 bridgehead atoms. The Kier molecular flexibility index (Phi) is 5.84. The Morgan fingerprint density at radius 2 is 1.90 bits per heavy atom. The summed E-state index contributed by atoms with van der Waals surface area (Å²) in [5, 5.41) is 3.52. The first kappa shape index (κ1) is 20.8. The van der Waals surface area contributed by atoms with Crippen molar-refractivity contribution in [1.82, 2.24) is 0 Å². The van der Waals surface area contributed by atoms with Gasteiger partial charge in [-0.2, -0.15) is 0 Å². The molecular formula is C24H20ClN3O3. The number of nitrogens with zero attached hydrogens (tertiary/aromatic N) is 1. The summed E-state index contributed by atoms with van der Waals surface area (Å²) in [7, 11) is 1.61. The second-order valence-corrected chi connectivity index (χ2v) is 7.53. The lowest BCUT2D eigenvalue weighted by Gasteiger charge is -2.17. The number of carbonyl (C=O) groups is 2. The third kappa shape index (κ3) is 4.21. The van der Waals surface area contributed by atoms with Crippen LogP contribution in [-0.4, -0.2) is 31.2 Å². The van der Waals surface area contributed by atoms with Crippen molar-refractivity contribution in [3.05, 3.63) is 87.9 Å². The molecule has 3 aromatic rings. The van der Waals surface area contributed by atoms with Gasteiger partial charge in [0.1, 0.15) is 6.54 Å². The monoisotopic (exact) mass is 433 g/mol. The topological polar surface area (TPSA) is 93.8 Å². The van der Waals surface area contributed by atoms with Gasteiger partial charge in [0, 0.05) is 34.4 Å². The first-order valence-electron chi connectivity index (χ1n) is 9.63. The van der Waals surface area contributed by atoms with E-state index in [-0.39, 0.29) is 12.5 Å². The van der Waals surface area contributed by atoms with Crippen LogP contribution < -0.4 is 11.1 Å². The molecule has 0 fully saturated rings. The van der Waals surface area contributed by atoms with Crippen LogP contribution in [-0.2, 0) is 16.1 Å². The summed E-state index contributed by atoms with van der Waals surface area (Å²) in [4.78, 5) is 28.6. The zero-order valence-corrected chi connectivity index (χ0v) is 17.6. The van der Waals surface area contributed by atoms with Crippen LogP contribution in [0.5, 0.6) is 0 Å². The number of primary amides is 1. The molecular weight excluding hydrogens is 414 g/mol. The number of amides is 2. The zero-order valence-electron chi connectivity index (χ0n) is 16.8. The number of carbonyl (C=O) groups excluding carboxylic acids is 2. The molecule has 0 saturated heterocycles. The highest BCUT2D eigenvalue weighted by Crippen LogP contribution is 2.36. The first-order valence-corrected chi connectivity index (χ1v) is 10.0. The van der Waals surface area contributed by atoms with E-state index in [0.717, 1.165) is 22.3 Å². The van der Waals surface area contributed by atoms with Gasteiger partial charge < -0.3 is 15.8 Å². The van der Waals surface area contributed by atoms with E-state index in [4.69, 9.17) is 22.1 Å². The predicted octanol–water partition coefficient (Wildman–Crippen LogP) is 4.04. The fraction of sp³-hybridized carbons (Fsp3) is 0.125. The van der Waals surface area contributed by atoms with Gasteiger partial charge in [-0.1, -0.05) is 41.9 Å². The second-order valence-electron chi connectivity index (χ2n) is 7.13. The molecule has 7 heteroatoms. The van der Waals surface area contributed by atoms with Crippen molar-refractivity contribution >= 4 is 34.8 Å². The number of hydrogen-bond acceptors (Lipinski definition) is 4. The van der Waals surface area contributed by atoms with Gasteiger partial charge in [0.2, 0.25) is 11.8 Å². The summed E-state index contributed by atoms with van der Waals surface area (Å²) in [5.41, 5.74) is 11.1. The lowest BCUT2D eigenvalue weighted by molar-refractivity contribution is -0.114. The van der Waals surface area contributed by atoms with E-state index in [1.54, 1.807) is 25.3 Å². The molecule has 0 aromatic heterocycles. The molecule has 3 aromatic carbocycles. The molecule has 0 unspecified atom stereocenters. The minimum atomic E-state index is -0.530. The summed E-state index contributed by atoms with van der Waals surface area (Å²) in [5.74, 6) is -0.756. The first-order chi connectivity index (χ1) is 15.0. The average Bonchev–Trinajstić information content (AvgIpc) is 2.92. The standard InChI is InChI=1S/C24H20ClN3O3/c1-31-13-16-10-21-19(11-18(16)17-7-2-3-8-20(17)25)23(27-12-22(29)28-21)14-5-4-6-15(9-14)24(26)30/h2-11H,12-13H2,1H3,(H2,26,30)(H,28,29). The van der Waals surface area contributed by atoms with Gasteiger partial charge in [0.25, 0.3) is 0 Å². The van der Waals surface area contributed by atoms with Crippen LogP contribution in [0, 0.1) is 0 Å². The van der Waals surface area contributed by atoms with Gasteiger partial charge >= 0.3 is 0 Å². The SMILES string of the molecule is COCc1cc2c(cc1-c1ccccc1Cl)C(c1cccc(C(N)=O)c1)=NCC(=O)N2. The Balaban J connectivity index is 1.96. The van der Waals surface area contributed by atoms with Crippen molar-refractivity contribution in [2.45, 2.75) is 6.61 Å². The maximum Gasteiger partial charge on any atom is 0.248 e. The van der Waals surface area contributed by atoms with Gasteiger partial charge in [-0.15, -0.1) is 0 Å². The lowest BCUT2D eigenvalue weighted by Crippen LogP contribution is -2.14. The zero-order chi connectivity index (χ0) is 22.0. The summed E-state index contributed by atoms with van der Waals surface area (Å²) >= 11 is 6.49. The molecule has 0 aliphatic carbocycles. The molecule has 1 heterocycles. The molecule has 2 amide bonds. The molecule has 156 valence electrons. The third-order valence-electron chi connectivity index (χ3n) is 5.04. The van der Waals surface area contributed by atoms with Crippen LogP contribution >= 0.6 is 11.6 Å². The van der Waals surface area contributed by atoms with Crippen molar-refractivity contribution < 1.29 is 14.3 Å². The Morgan fingerprint density at radius 3 is 2.65 bits per heavy atom. The lowest BCUT2D eigenvalue weighted by atomic mass is 9.92. The Hall–Kier alpha value is -3.48. The molecule has 3 N–H and O–H groups in total. The minimum Gasteiger partial charge on any atom is -0.380 e. The number of ether oxygens (including phenoxy) is 1. The minimum absolute atomic E-state index is 0.0359. The third-order valence-corrected chi connectivity index (χ3v) is 5.37. The van der Waals surface area contributed by atoms with E-state index in [2.05, 4.69) is 10.3 Å². The number of halogens is 1. The highest BCUT2D eigenvalue weighted by Gasteiger charge is 2.22. The van der Waals surface area contributed by atoms with Crippen molar-refractivity contribution in [3.63, 3.8) is 0 Å². The number of aliphatic imine (C=N–C) groups is 1. The maximum atomic E-state index is 12.3. The number of fused-ring (bicyclic) bond motifs is 1. The van der Waals surface area contributed by atoms with Crippen molar-refractivity contribution in [2.24, 2.45) is 10.7 Å². The molecule has 0 spiro atoms. The number of benzodiazepines with no additional fused rings is 1. The van der Waals surface area contributed by atoms with E-state index in [0.29, 0.717) is 34.2 Å². The van der Waals surface area contributed by atoms with Crippen LogP contribution in [0.15, 0.2) is 65.7 Å². The van der Waals surface area contributed by atoms with E-state index in [9.17, 15) is 9.59 Å². The summed E-state index contributed by atoms with van der Waals surface area (Å²) < 4.78 is 5.40. The number of benzene rings is 3. The number of nitrogens with one attached hydrogen (secondary N) is 1. The van der Waals surface area contributed by atoms with E-state index >= 15 is 0 Å². The van der Waals surface area contributed by atoms with Gasteiger partial charge in [0.05, 0.1) is 18.0 Å². The highest BCUT2D eigenvalue weighted by molar-refractivity contribution is 6.33. The van der Waals surface area contributed by atoms with Gasteiger partial charge in [-0.3, -0.25) is 14.6 Å². The fourth-order valence-electron chi connectivity index (χ4n) is 3.64. The predicted molar refractivity (Wildman–Crippen MR) is 122 cm³/mol. The molecule has 4 rings (SSSR count). The Morgan fingerprint density at radius 1 is 1.10 bits per heavy atom. The molecule has 6 nitrogen and oxygen atoms in total. The van der Waals surface area contributed by atoms with Crippen LogP contribution in [0.3, 0.4) is 0 Å². The summed E-state index contributed by atoms with van der Waals surface area (Å²) in [6.45, 7) is 0.305. The molecule has 0 atom stereocenters. The normalized spacial score (nSPS) is 13.1. The van der Waals surface area contributed by atoms with Crippen LogP contribution in [0.4, 0.5) is 5.69 Å². The quantitative estimate of drug-likeness (QED) is 0.635. The molecule has 0 saturated carbocycles. The van der Waals surface area contributed by atoms with Gasteiger partial charge in [-0.05, 0) is 41.5 Å². The molecule has 31 heavy (non-hydrogen) atoms. The summed E-state index contributed by atoms with van der Waals surface area (Å²) in [6, 6.07) is 18.3. The van der Waals surface area contributed by atoms with Crippen molar-refractivity contribution in [2.75, 3.05) is 19.0 Å². The van der Waals surface area contributed by atoms with E-state index in [1.165, 1.54) is 0 Å². The van der Waals surface area contributed by atoms with Crippen LogP contribution in [0.25, 0.3) is 11.1 Å². The molecule has 1 aliphatic heterocycles. The van der Waals surface area contributed by atoms with Crippen LogP contribution in [0.1, 0.15) is 27.0 Å². The largest absolute Gasteiger partial charge is 0.380 e. The molecule has 0 radical (unpaired) electrons. The van der Waals surface area contributed by atoms with Gasteiger partial charge in [-0.25, -0.2) is 0 Å². The van der Waals surface area contributed by atoms with Crippen molar-refractivity contribution in [1.29, 1.82) is 0 Å². The highest BCUT2D eigenvalue weighted by atomic mass is 35.5. The number of nitrogens with two attached hydrogens (primary N) is 1. The van der Waals surface area contributed by atoms with E-state index in [1.807, 2.05) is 42.5 Å². The van der Waals surface area contributed by atoms with Crippen LogP contribution in [0.2, 0.25) is 5.02 Å². The smallest absolute Gasteiger partial charge is 0.248 e. The fourth-order valence-corrected chi connectivity index (χ4v) is 3.88. The number of methoxy groups -OCH3 is 1. The molecule has 1 aliphatic rings. The maximum absolute atomic E-state index is 12.3. The number of anilines is 1. The number of rotatable bonds is 5.